The normalized spacial score (nSPS) is 14.2. The van der Waals surface area contributed by atoms with Crippen molar-refractivity contribution < 1.29 is 19.7 Å². The van der Waals surface area contributed by atoms with Gasteiger partial charge < -0.3 is 14.9 Å². The second-order valence-electron chi connectivity index (χ2n) is 5.47. The van der Waals surface area contributed by atoms with Crippen molar-refractivity contribution in [2.75, 3.05) is 6.61 Å². The van der Waals surface area contributed by atoms with Crippen molar-refractivity contribution in [2.24, 2.45) is 11.8 Å². The Labute approximate surface area is 120 Å². The molecule has 0 saturated carbocycles. The van der Waals surface area contributed by atoms with E-state index in [0.717, 1.165) is 0 Å². The molecule has 0 heterocycles. The van der Waals surface area contributed by atoms with Crippen LogP contribution in [-0.2, 0) is 9.53 Å². The van der Waals surface area contributed by atoms with Crippen LogP contribution < -0.4 is 0 Å². The van der Waals surface area contributed by atoms with Crippen LogP contribution >= 0.6 is 0 Å². The van der Waals surface area contributed by atoms with E-state index in [4.69, 9.17) is 4.74 Å². The zero-order valence-electron chi connectivity index (χ0n) is 12.8. The molecular formula is C16H24O4. The minimum absolute atomic E-state index is 0.0431. The topological polar surface area (TPSA) is 66.8 Å². The van der Waals surface area contributed by atoms with Gasteiger partial charge >= 0.3 is 5.97 Å². The van der Waals surface area contributed by atoms with Gasteiger partial charge in [0.2, 0.25) is 0 Å². The highest BCUT2D eigenvalue weighted by molar-refractivity contribution is 5.73. The van der Waals surface area contributed by atoms with Crippen LogP contribution in [0.2, 0.25) is 0 Å². The summed E-state index contributed by atoms with van der Waals surface area (Å²) < 4.78 is 5.04. The molecule has 2 N–H and O–H groups in total. The molecule has 0 amide bonds. The molecule has 1 aromatic carbocycles. The Hall–Kier alpha value is -1.55. The number of phenolic OH excluding ortho intramolecular Hbond substituents is 1. The number of benzene rings is 1. The lowest BCUT2D eigenvalue weighted by molar-refractivity contribution is -0.154. The van der Waals surface area contributed by atoms with E-state index in [1.165, 1.54) is 0 Å². The second-order valence-corrected chi connectivity index (χ2v) is 5.47. The lowest BCUT2D eigenvalue weighted by atomic mass is 9.85. The summed E-state index contributed by atoms with van der Waals surface area (Å²) >= 11 is 0. The fourth-order valence-electron chi connectivity index (χ4n) is 2.37. The highest BCUT2D eigenvalue weighted by Gasteiger charge is 2.32. The standard InChI is InChI=1S/C16H24O4/c1-6-20-16(19)13(9(2)3)15(18)12-7-10(4)14(17)11(5)8-12/h7-9,13,15,17-18H,6H2,1-5H3. The van der Waals surface area contributed by atoms with Gasteiger partial charge in [-0.05, 0) is 55.5 Å². The average molecular weight is 280 g/mol. The van der Waals surface area contributed by atoms with Crippen LogP contribution in [-0.4, -0.2) is 22.8 Å². The maximum absolute atomic E-state index is 12.0. The minimum Gasteiger partial charge on any atom is -0.507 e. The van der Waals surface area contributed by atoms with E-state index in [1.807, 2.05) is 13.8 Å². The summed E-state index contributed by atoms with van der Waals surface area (Å²) in [5.41, 5.74) is 2.00. The van der Waals surface area contributed by atoms with Crippen LogP contribution in [0.5, 0.6) is 5.75 Å². The third kappa shape index (κ3) is 3.51. The molecule has 20 heavy (non-hydrogen) atoms. The van der Waals surface area contributed by atoms with E-state index < -0.39 is 18.0 Å². The second kappa shape index (κ2) is 6.75. The molecule has 0 aliphatic rings. The third-order valence-corrected chi connectivity index (χ3v) is 3.47. The molecule has 1 rings (SSSR count). The number of hydrogen-bond donors (Lipinski definition) is 2. The number of aliphatic hydroxyl groups excluding tert-OH is 1. The number of hydrogen-bond acceptors (Lipinski definition) is 4. The summed E-state index contributed by atoms with van der Waals surface area (Å²) in [6.07, 6.45) is -0.938. The molecule has 0 saturated heterocycles. The van der Waals surface area contributed by atoms with E-state index in [1.54, 1.807) is 32.9 Å². The number of carbonyl (C=O) groups excluding carboxylic acids is 1. The number of carbonyl (C=O) groups is 1. The summed E-state index contributed by atoms with van der Waals surface area (Å²) in [4.78, 5) is 12.0. The Morgan fingerprint density at radius 1 is 1.25 bits per heavy atom. The van der Waals surface area contributed by atoms with Crippen molar-refractivity contribution in [2.45, 2.75) is 40.7 Å². The van der Waals surface area contributed by atoms with E-state index in [-0.39, 0.29) is 11.7 Å². The van der Waals surface area contributed by atoms with E-state index >= 15 is 0 Å². The molecule has 0 aliphatic heterocycles. The molecule has 4 nitrogen and oxygen atoms in total. The number of ether oxygens (including phenoxy) is 1. The van der Waals surface area contributed by atoms with Crippen LogP contribution in [0, 0.1) is 25.7 Å². The Kier molecular flexibility index (Phi) is 5.57. The first-order valence-electron chi connectivity index (χ1n) is 6.94. The van der Waals surface area contributed by atoms with Gasteiger partial charge in [0.05, 0.1) is 18.6 Å². The largest absolute Gasteiger partial charge is 0.507 e. The van der Waals surface area contributed by atoms with Gasteiger partial charge in [0.15, 0.2) is 0 Å². The molecule has 2 unspecified atom stereocenters. The number of rotatable bonds is 5. The molecule has 4 heteroatoms. The van der Waals surface area contributed by atoms with Gasteiger partial charge in [-0.3, -0.25) is 4.79 Å². The zero-order valence-corrected chi connectivity index (χ0v) is 12.8. The maximum atomic E-state index is 12.0. The van der Waals surface area contributed by atoms with Gasteiger partial charge in [0.25, 0.3) is 0 Å². The van der Waals surface area contributed by atoms with Gasteiger partial charge in [0.1, 0.15) is 5.75 Å². The maximum Gasteiger partial charge on any atom is 0.312 e. The number of aromatic hydroxyl groups is 1. The fraction of sp³-hybridized carbons (Fsp3) is 0.562. The summed E-state index contributed by atoms with van der Waals surface area (Å²) in [6.45, 7) is 9.34. The molecule has 0 aromatic heterocycles. The van der Waals surface area contributed by atoms with Crippen LogP contribution in [0.15, 0.2) is 12.1 Å². The first-order chi connectivity index (χ1) is 9.29. The summed E-state index contributed by atoms with van der Waals surface area (Å²) in [5, 5.41) is 20.3. The highest BCUT2D eigenvalue weighted by Crippen LogP contribution is 2.33. The Balaban J connectivity index is 3.12. The molecule has 1 aromatic rings. The van der Waals surface area contributed by atoms with E-state index in [0.29, 0.717) is 23.3 Å². The molecule has 0 fully saturated rings. The molecule has 112 valence electrons. The monoisotopic (exact) mass is 280 g/mol. The van der Waals surface area contributed by atoms with Crippen LogP contribution in [0.4, 0.5) is 0 Å². The summed E-state index contributed by atoms with van der Waals surface area (Å²) in [5.74, 6) is -0.826. The SMILES string of the molecule is CCOC(=O)C(C(C)C)C(O)c1cc(C)c(O)c(C)c1. The Bertz CT molecular complexity index is 456. The first-order valence-corrected chi connectivity index (χ1v) is 6.94. The van der Waals surface area contributed by atoms with E-state index in [2.05, 4.69) is 0 Å². The highest BCUT2D eigenvalue weighted by atomic mass is 16.5. The van der Waals surface area contributed by atoms with Crippen LogP contribution in [0.3, 0.4) is 0 Å². The number of aliphatic hydroxyl groups is 1. The summed E-state index contributed by atoms with van der Waals surface area (Å²) in [6, 6.07) is 3.42. The van der Waals surface area contributed by atoms with Crippen molar-refractivity contribution in [3.63, 3.8) is 0 Å². The van der Waals surface area contributed by atoms with Gasteiger partial charge in [-0.2, -0.15) is 0 Å². The van der Waals surface area contributed by atoms with Crippen molar-refractivity contribution >= 4 is 5.97 Å². The molecule has 0 aliphatic carbocycles. The van der Waals surface area contributed by atoms with Crippen molar-refractivity contribution in [3.05, 3.63) is 28.8 Å². The van der Waals surface area contributed by atoms with Gasteiger partial charge in [-0.15, -0.1) is 0 Å². The lowest BCUT2D eigenvalue weighted by Gasteiger charge is -2.25. The quantitative estimate of drug-likeness (QED) is 0.814. The van der Waals surface area contributed by atoms with Crippen LogP contribution in [0.25, 0.3) is 0 Å². The van der Waals surface area contributed by atoms with Gasteiger partial charge in [-0.1, -0.05) is 13.8 Å². The fourth-order valence-corrected chi connectivity index (χ4v) is 2.37. The van der Waals surface area contributed by atoms with Gasteiger partial charge in [0, 0.05) is 0 Å². The average Bonchev–Trinajstić information content (AvgIpc) is 2.35. The Morgan fingerprint density at radius 3 is 2.15 bits per heavy atom. The molecular weight excluding hydrogens is 256 g/mol. The molecule has 2 atom stereocenters. The van der Waals surface area contributed by atoms with E-state index in [9.17, 15) is 15.0 Å². The van der Waals surface area contributed by atoms with Crippen molar-refractivity contribution in [1.29, 1.82) is 0 Å². The number of phenols is 1. The summed E-state index contributed by atoms with van der Waals surface area (Å²) in [7, 11) is 0. The van der Waals surface area contributed by atoms with Crippen LogP contribution in [0.1, 0.15) is 43.6 Å². The lowest BCUT2D eigenvalue weighted by Crippen LogP contribution is -2.29. The first kappa shape index (κ1) is 16.5. The predicted octanol–water partition coefficient (Wildman–Crippen LogP) is 2.88. The van der Waals surface area contributed by atoms with Crippen molar-refractivity contribution in [3.8, 4) is 5.75 Å². The Morgan fingerprint density at radius 2 is 1.75 bits per heavy atom. The third-order valence-electron chi connectivity index (χ3n) is 3.47. The predicted molar refractivity (Wildman–Crippen MR) is 77.5 cm³/mol. The number of esters is 1. The molecule has 0 radical (unpaired) electrons. The van der Waals surface area contributed by atoms with Gasteiger partial charge in [-0.25, -0.2) is 0 Å². The van der Waals surface area contributed by atoms with Crippen molar-refractivity contribution in [1.82, 2.24) is 0 Å². The molecule has 0 spiro atoms. The molecule has 0 bridgehead atoms. The number of aryl methyl sites for hydroxylation is 2. The smallest absolute Gasteiger partial charge is 0.312 e. The minimum atomic E-state index is -0.938. The zero-order chi connectivity index (χ0) is 15.4.